The maximum Gasteiger partial charge on any atom is 0.437 e. The van der Waals surface area contributed by atoms with Gasteiger partial charge < -0.3 is 14.8 Å². The first kappa shape index (κ1) is 21.1. The van der Waals surface area contributed by atoms with Gasteiger partial charge in [0.1, 0.15) is 11.2 Å². The van der Waals surface area contributed by atoms with E-state index in [2.05, 4.69) is 15.6 Å². The molecule has 26 heavy (non-hydrogen) atoms. The van der Waals surface area contributed by atoms with Crippen LogP contribution >= 0.6 is 0 Å². The number of nitrogens with zero attached hydrogens (tertiary/aromatic N) is 1. The maximum atomic E-state index is 12.0. The zero-order chi connectivity index (χ0) is 20.0. The van der Waals surface area contributed by atoms with Gasteiger partial charge in [-0.25, -0.2) is 9.59 Å². The zero-order valence-corrected chi connectivity index (χ0v) is 15.8. The van der Waals surface area contributed by atoms with E-state index in [0.29, 0.717) is 11.3 Å². The first-order valence-electron chi connectivity index (χ1n) is 7.95. The van der Waals surface area contributed by atoms with E-state index in [4.69, 9.17) is 9.47 Å². The van der Waals surface area contributed by atoms with E-state index in [-0.39, 0.29) is 5.96 Å². The van der Waals surface area contributed by atoms with Gasteiger partial charge in [-0.2, -0.15) is 0 Å². The third kappa shape index (κ3) is 8.81. The lowest BCUT2D eigenvalue weighted by Gasteiger charge is -2.21. The van der Waals surface area contributed by atoms with Crippen LogP contribution in [0.4, 0.5) is 15.3 Å². The van der Waals surface area contributed by atoms with Crippen molar-refractivity contribution >= 4 is 30.1 Å². The molecule has 0 saturated carbocycles. The maximum absolute atomic E-state index is 12.0. The second-order valence-electron chi connectivity index (χ2n) is 7.38. The monoisotopic (exact) mass is 362 g/mol. The Morgan fingerprint density at radius 3 is 2.19 bits per heavy atom. The van der Waals surface area contributed by atoms with Gasteiger partial charge in [0.25, 0.3) is 0 Å². The van der Waals surface area contributed by atoms with Gasteiger partial charge >= 0.3 is 12.2 Å². The summed E-state index contributed by atoms with van der Waals surface area (Å²) >= 11 is 0. The molecule has 0 fully saturated rings. The summed E-state index contributed by atoms with van der Waals surface area (Å²) in [4.78, 5) is 38.4. The smallest absolute Gasteiger partial charge is 0.437 e. The lowest BCUT2D eigenvalue weighted by molar-refractivity contribution is 0.0562. The Bertz CT molecular complexity index is 700. The minimum absolute atomic E-state index is 0.198. The van der Waals surface area contributed by atoms with Gasteiger partial charge in [0, 0.05) is 11.3 Å². The molecule has 0 bridgehead atoms. The van der Waals surface area contributed by atoms with E-state index in [9.17, 15) is 14.4 Å². The molecule has 1 aromatic rings. The van der Waals surface area contributed by atoms with Crippen LogP contribution in [0.15, 0.2) is 29.3 Å². The number of aliphatic imine (C=N–C) groups is 1. The second kappa shape index (κ2) is 8.46. The third-order valence-corrected chi connectivity index (χ3v) is 2.46. The van der Waals surface area contributed by atoms with Crippen LogP contribution in [0.2, 0.25) is 0 Å². The van der Waals surface area contributed by atoms with Crippen molar-refractivity contribution in [2.75, 3.05) is 5.32 Å². The lowest BCUT2D eigenvalue weighted by Crippen LogP contribution is -2.40. The second-order valence-corrected chi connectivity index (χ2v) is 7.38. The molecule has 0 heterocycles. The van der Waals surface area contributed by atoms with Crippen LogP contribution in [0, 0.1) is 0 Å². The highest BCUT2D eigenvalue weighted by Gasteiger charge is 2.20. The number of carbonyl (C=O) groups excluding carboxylic acids is 3. The van der Waals surface area contributed by atoms with Crippen molar-refractivity contribution in [3.8, 4) is 0 Å². The lowest BCUT2D eigenvalue weighted by atomic mass is 10.2. The number of ether oxygens (including phenoxy) is 2. The number of rotatable bonds is 2. The molecule has 1 rings (SSSR count). The first-order chi connectivity index (χ1) is 11.9. The fourth-order valence-corrected chi connectivity index (χ4v) is 1.66. The highest BCUT2D eigenvalue weighted by molar-refractivity contribution is 6.06. The predicted molar refractivity (Wildman–Crippen MR) is 97.9 cm³/mol. The summed E-state index contributed by atoms with van der Waals surface area (Å²) in [5.74, 6) is -0.198. The molecule has 141 valence electrons. The van der Waals surface area contributed by atoms with Crippen LogP contribution in [0.1, 0.15) is 47.1 Å². The number of carbonyl (C=O) groups is 2. The highest BCUT2D eigenvalue weighted by atomic mass is 16.6. The van der Waals surface area contributed by atoms with Gasteiger partial charge in [0.2, 0.25) is 12.2 Å². The largest absolute Gasteiger partial charge is 0.444 e. The Morgan fingerprint density at radius 1 is 1.04 bits per heavy atom. The third-order valence-electron chi connectivity index (χ3n) is 2.46. The Kier molecular flexibility index (Phi) is 6.88. The topological polar surface area (TPSA) is 106 Å². The Hall–Kier alpha value is -2.90. The molecule has 8 heteroatoms. The number of hydrogen-bond acceptors (Lipinski definition) is 5. The van der Waals surface area contributed by atoms with Gasteiger partial charge in [0.15, 0.2) is 0 Å². The zero-order valence-electron chi connectivity index (χ0n) is 15.8. The number of hydrogen-bond donors (Lipinski definition) is 2. The van der Waals surface area contributed by atoms with Crippen LogP contribution in [0.25, 0.3) is 0 Å². The minimum Gasteiger partial charge on any atom is -0.444 e. The average Bonchev–Trinajstić information content (AvgIpc) is 2.42. The van der Waals surface area contributed by atoms with Crippen molar-refractivity contribution in [1.29, 1.82) is 0 Å². The van der Waals surface area contributed by atoms with Crippen LogP contribution in [-0.2, 0) is 14.3 Å². The molecule has 0 aliphatic heterocycles. The van der Waals surface area contributed by atoms with Crippen molar-refractivity contribution in [3.05, 3.63) is 29.8 Å². The number of nitrogens with one attached hydrogen (secondary N) is 2. The Morgan fingerprint density at radius 2 is 1.65 bits per heavy atom. The first-order valence-corrected chi connectivity index (χ1v) is 7.95. The van der Waals surface area contributed by atoms with Crippen LogP contribution < -0.4 is 10.6 Å². The van der Waals surface area contributed by atoms with Crippen molar-refractivity contribution in [1.82, 2.24) is 5.32 Å². The Balaban J connectivity index is 3.01. The minimum atomic E-state index is -0.894. The molecule has 0 aliphatic carbocycles. The number of benzene rings is 1. The number of anilines is 1. The molecule has 2 amide bonds. The van der Waals surface area contributed by atoms with E-state index in [0.717, 1.165) is 0 Å². The van der Waals surface area contributed by atoms with Crippen molar-refractivity contribution in [3.63, 3.8) is 0 Å². The summed E-state index contributed by atoms with van der Waals surface area (Å²) in [5, 5.41) is 5.10. The number of guanidine groups is 1. The van der Waals surface area contributed by atoms with E-state index >= 15 is 0 Å². The van der Waals surface area contributed by atoms with E-state index in [1.165, 1.54) is 6.07 Å². The van der Waals surface area contributed by atoms with Gasteiger partial charge in [-0.15, -0.1) is 4.99 Å². The molecule has 1 radical (unpaired) electrons. The molecule has 1 aromatic carbocycles. The summed E-state index contributed by atoms with van der Waals surface area (Å²) in [6.07, 6.45) is 0.0559. The fraction of sp³-hybridized carbons (Fsp3) is 0.444. The van der Waals surface area contributed by atoms with Crippen molar-refractivity contribution in [2.24, 2.45) is 4.99 Å². The summed E-state index contributed by atoms with van der Waals surface area (Å²) < 4.78 is 10.3. The molecule has 0 unspecified atom stereocenters. The summed E-state index contributed by atoms with van der Waals surface area (Å²) in [5.41, 5.74) is -0.759. The molecular formula is C18H24N3O5. The Labute approximate surface area is 153 Å². The van der Waals surface area contributed by atoms with Crippen LogP contribution in [0.5, 0.6) is 0 Å². The van der Waals surface area contributed by atoms with Crippen molar-refractivity contribution in [2.45, 2.75) is 52.7 Å². The number of amides is 2. The van der Waals surface area contributed by atoms with Gasteiger partial charge in [0.05, 0.1) is 0 Å². The standard InChI is InChI=1S/C18H24N3O5/c1-17(2,3)25-15(23)20-14(21-16(24)26-18(4,5)6)19-13-9-7-8-12(10-13)11-22/h7-10H,1-6H3,(H2,19,20,21,23,24). The molecular weight excluding hydrogens is 338 g/mol. The van der Waals surface area contributed by atoms with Crippen LogP contribution in [0.3, 0.4) is 0 Å². The average molecular weight is 362 g/mol. The summed E-state index contributed by atoms with van der Waals surface area (Å²) in [6, 6.07) is 6.28. The molecule has 0 aliphatic rings. The number of alkyl carbamates (subject to hydrolysis) is 1. The molecule has 2 N–H and O–H groups in total. The van der Waals surface area contributed by atoms with Crippen molar-refractivity contribution < 1.29 is 23.9 Å². The normalized spacial score (nSPS) is 12.2. The predicted octanol–water partition coefficient (Wildman–Crippen LogP) is 3.37. The van der Waals surface area contributed by atoms with Gasteiger partial charge in [-0.05, 0) is 53.7 Å². The molecule has 0 saturated heterocycles. The molecule has 0 aromatic heterocycles. The van der Waals surface area contributed by atoms with Gasteiger partial charge in [-0.3, -0.25) is 10.1 Å². The van der Waals surface area contributed by atoms with Gasteiger partial charge in [-0.1, -0.05) is 12.1 Å². The highest BCUT2D eigenvalue weighted by Crippen LogP contribution is 2.11. The van der Waals surface area contributed by atoms with E-state index in [1.54, 1.807) is 66.0 Å². The van der Waals surface area contributed by atoms with E-state index < -0.39 is 23.4 Å². The summed E-state index contributed by atoms with van der Waals surface area (Å²) in [6.45, 7) is 10.2. The van der Waals surface area contributed by atoms with E-state index in [1.807, 2.05) is 0 Å². The quantitative estimate of drug-likeness (QED) is 0.617. The molecule has 0 spiro atoms. The summed E-state index contributed by atoms with van der Waals surface area (Å²) in [7, 11) is 0. The molecule has 0 atom stereocenters. The SMILES string of the molecule is CC(C)(C)OC(=O)/N=C(/NC(=O)OC(C)(C)C)Nc1cccc([C]=O)c1. The molecule has 8 nitrogen and oxygen atoms in total. The van der Waals surface area contributed by atoms with Crippen LogP contribution in [-0.4, -0.2) is 35.6 Å². The fourth-order valence-electron chi connectivity index (χ4n) is 1.66.